The Balaban J connectivity index is 0.000000177. The van der Waals surface area contributed by atoms with Crippen LogP contribution in [0.3, 0.4) is 0 Å². The molecule has 10 rings (SSSR count). The summed E-state index contributed by atoms with van der Waals surface area (Å²) in [7, 11) is 0. The van der Waals surface area contributed by atoms with Crippen LogP contribution in [0, 0.1) is 11.8 Å². The van der Waals surface area contributed by atoms with E-state index < -0.39 is 18.0 Å². The summed E-state index contributed by atoms with van der Waals surface area (Å²) >= 11 is 1.29. The van der Waals surface area contributed by atoms with Crippen molar-refractivity contribution in [3.8, 4) is 22.3 Å². The maximum absolute atomic E-state index is 11.4. The maximum atomic E-state index is 11.4. The molecule has 4 aliphatic carbocycles. The molecule has 0 heterocycles. The number of allylic oxidation sites excluding steroid dienone is 4. The number of hydrogen-bond donors (Lipinski definition) is 0. The minimum absolute atomic E-state index is 0. The third-order valence-electron chi connectivity index (χ3n) is 12.9. The fourth-order valence-corrected chi connectivity index (χ4v) is 11.3. The fourth-order valence-electron chi connectivity index (χ4n) is 9.72. The molecule has 0 unspecified atom stereocenters. The van der Waals surface area contributed by atoms with E-state index >= 15 is 0 Å². The number of benzene rings is 6. The molecule has 0 atom stereocenters. The van der Waals surface area contributed by atoms with E-state index in [2.05, 4.69) is 158 Å². The quantitative estimate of drug-likeness (QED) is 0.0909. The van der Waals surface area contributed by atoms with E-state index in [9.17, 15) is 13.2 Å². The van der Waals surface area contributed by atoms with Gasteiger partial charge in [0.15, 0.2) is 0 Å². The van der Waals surface area contributed by atoms with Gasteiger partial charge in [0.2, 0.25) is 0 Å². The molecule has 2 saturated carbocycles. The van der Waals surface area contributed by atoms with Gasteiger partial charge in [0.25, 0.3) is 0 Å². The maximum Gasteiger partial charge on any atom is -0.0112 e. The average Bonchev–Trinajstić information content (AvgIpc) is 3.68. The van der Waals surface area contributed by atoms with Crippen molar-refractivity contribution in [3.63, 3.8) is 0 Å². The van der Waals surface area contributed by atoms with Crippen molar-refractivity contribution in [2.24, 2.45) is 11.8 Å². The van der Waals surface area contributed by atoms with Gasteiger partial charge in [0, 0.05) is 0 Å². The van der Waals surface area contributed by atoms with E-state index in [1.54, 1.807) is 0 Å². The second kappa shape index (κ2) is 24.3. The van der Waals surface area contributed by atoms with Crippen LogP contribution in [0.15, 0.2) is 145 Å². The molecule has 0 saturated heterocycles. The first-order chi connectivity index (χ1) is 30.7. The van der Waals surface area contributed by atoms with E-state index in [1.165, 1.54) is 176 Å². The van der Waals surface area contributed by atoms with Gasteiger partial charge < -0.3 is 24.8 Å². The van der Waals surface area contributed by atoms with Crippen LogP contribution >= 0.6 is 0 Å². The largest absolute Gasteiger partial charge is 1.00 e. The fraction of sp³-hybridized carbons (Fsp3) is 0.310. The van der Waals surface area contributed by atoms with Crippen LogP contribution in [-0.2, 0) is 23.3 Å². The summed E-state index contributed by atoms with van der Waals surface area (Å²) in [6.45, 7) is 1.93. The molecular formula is C58H57Cl2F3SiZr-2. The second-order valence-electron chi connectivity index (χ2n) is 17.8. The number of hydrogen-bond acceptors (Lipinski definition) is 0. The minimum Gasteiger partial charge on any atom is -1.00 e. The standard InChI is InChI=1S/2C27H25.C4H7F3Si.2ClH.Zr/c2*1-2-4-10-20(9-3-1)17-21-18-23-13-8-16-26(27(23)19-21)25-15-7-12-22-11-5-6-14-24(22)25;1-8-3-2-4(5,6)7;;;/h2*5-8,11-17,19-20H,1-4,9-10H2;2-3H2,1H3;2*1H;/q2*-1;;;;+2/p-2. The Kier molecular flexibility index (Phi) is 19.0. The molecule has 0 radical (unpaired) electrons. The zero-order valence-electron chi connectivity index (χ0n) is 37.3. The van der Waals surface area contributed by atoms with Crippen LogP contribution < -0.4 is 45.7 Å². The van der Waals surface area contributed by atoms with Gasteiger partial charge in [-0.05, 0) is 44.5 Å². The Labute approximate surface area is 411 Å². The van der Waals surface area contributed by atoms with Gasteiger partial charge in [0.05, 0.1) is 0 Å². The molecule has 6 aromatic rings. The molecule has 6 aromatic carbocycles. The summed E-state index contributed by atoms with van der Waals surface area (Å²) in [6, 6.07) is 44.2. The summed E-state index contributed by atoms with van der Waals surface area (Å²) in [5.41, 5.74) is 7.24. The van der Waals surface area contributed by atoms with Gasteiger partial charge in [-0.15, -0.1) is 80.6 Å². The van der Waals surface area contributed by atoms with Crippen LogP contribution in [-0.4, -0.2) is 11.6 Å². The van der Waals surface area contributed by atoms with E-state index in [0.29, 0.717) is 6.04 Å². The molecule has 0 aromatic heterocycles. The molecule has 0 nitrogen and oxygen atoms in total. The van der Waals surface area contributed by atoms with E-state index in [1.807, 2.05) is 6.55 Å². The van der Waals surface area contributed by atoms with E-state index in [0.717, 1.165) is 11.8 Å². The Hall–Kier alpha value is -3.73. The molecule has 0 aliphatic heterocycles. The van der Waals surface area contributed by atoms with Gasteiger partial charge in [-0.2, -0.15) is 0 Å². The number of rotatable bonds is 6. The Morgan fingerprint density at radius 2 is 0.892 bits per heavy atom. The molecule has 0 N–H and O–H groups in total. The SMILES string of the molecule is C[Si](=[Zr+2])CCC(F)(F)F.[C-]1=c2cccc(-c3cccc4ccccc34)c2=CC1=CC1CCCCCC1.[C-]1=c2cccc(-c3cccc4ccccc34)c2=CC1=CC1CCCCCC1.[Cl-].[Cl-]. The van der Waals surface area contributed by atoms with Crippen LogP contribution in [0.5, 0.6) is 0 Å². The van der Waals surface area contributed by atoms with Gasteiger partial charge in [0.1, 0.15) is 0 Å². The van der Waals surface area contributed by atoms with Crippen LogP contribution in [0.25, 0.3) is 68.1 Å². The van der Waals surface area contributed by atoms with Crippen molar-refractivity contribution >= 4 is 51.3 Å². The number of halogens is 5. The predicted molar refractivity (Wildman–Crippen MR) is 259 cm³/mol. The topological polar surface area (TPSA) is 0 Å². The molecule has 2 fully saturated rings. The zero-order chi connectivity index (χ0) is 43.6. The molecule has 0 amide bonds. The smallest absolute Gasteiger partial charge is 0.0112 e. The van der Waals surface area contributed by atoms with E-state index in [4.69, 9.17) is 0 Å². The summed E-state index contributed by atoms with van der Waals surface area (Å²) in [5, 5.41) is 10.4. The zero-order valence-corrected chi connectivity index (χ0v) is 42.3. The summed E-state index contributed by atoms with van der Waals surface area (Å²) in [6.07, 6.45) is 29.0. The van der Waals surface area contributed by atoms with Crippen molar-refractivity contribution in [1.29, 1.82) is 0 Å². The third kappa shape index (κ3) is 13.7. The first-order valence-electron chi connectivity index (χ1n) is 23.2. The normalized spacial score (nSPS) is 17.2. The molecule has 7 heteroatoms. The molecule has 4 aliphatic rings. The first kappa shape index (κ1) is 50.7. The van der Waals surface area contributed by atoms with Gasteiger partial charge in [-0.3, -0.25) is 0 Å². The Bertz CT molecular complexity index is 2700. The number of fused-ring (bicyclic) bond motifs is 4. The van der Waals surface area contributed by atoms with Gasteiger partial charge in [-0.25, -0.2) is 0 Å². The van der Waals surface area contributed by atoms with Crippen LogP contribution in [0.2, 0.25) is 12.6 Å². The van der Waals surface area contributed by atoms with Crippen molar-refractivity contribution in [2.45, 2.75) is 102 Å². The summed E-state index contributed by atoms with van der Waals surface area (Å²) < 4.78 is 34.3. The van der Waals surface area contributed by atoms with Crippen molar-refractivity contribution in [3.05, 3.63) is 166 Å². The van der Waals surface area contributed by atoms with Crippen molar-refractivity contribution < 1.29 is 61.3 Å². The second-order valence-corrected chi connectivity index (χ2v) is 26.1. The average molecular weight is 1000 g/mol. The molecular weight excluding hydrogens is 944 g/mol. The molecule has 65 heavy (non-hydrogen) atoms. The third-order valence-corrected chi connectivity index (χ3v) is 15.8. The van der Waals surface area contributed by atoms with E-state index in [-0.39, 0.29) is 24.8 Å². The van der Waals surface area contributed by atoms with Crippen molar-refractivity contribution in [2.75, 3.05) is 0 Å². The summed E-state index contributed by atoms with van der Waals surface area (Å²) in [4.78, 5) is 0. The van der Waals surface area contributed by atoms with Crippen molar-refractivity contribution in [1.82, 2.24) is 0 Å². The first-order valence-corrected chi connectivity index (χ1v) is 29.1. The van der Waals surface area contributed by atoms with Gasteiger partial charge in [-0.1, -0.05) is 197 Å². The molecule has 0 bridgehead atoms. The monoisotopic (exact) mass is 998 g/mol. The molecule has 0 spiro atoms. The molecule has 334 valence electrons. The Morgan fingerprint density at radius 1 is 0.523 bits per heavy atom. The summed E-state index contributed by atoms with van der Waals surface area (Å²) in [5.74, 6) is 1.45. The minimum atomic E-state index is -3.93. The predicted octanol–water partition coefficient (Wildman–Crippen LogP) is 7.83. The van der Waals surface area contributed by atoms with Crippen LogP contribution in [0.4, 0.5) is 13.2 Å². The number of alkyl halides is 3. The Morgan fingerprint density at radius 3 is 1.28 bits per heavy atom. The van der Waals surface area contributed by atoms with Crippen LogP contribution in [0.1, 0.15) is 83.5 Å². The van der Waals surface area contributed by atoms with Gasteiger partial charge >= 0.3 is 67.1 Å².